The number of benzene rings is 2. The molecule has 11 heteroatoms. The van der Waals surface area contributed by atoms with Gasteiger partial charge in [0.1, 0.15) is 23.4 Å². The lowest BCUT2D eigenvalue weighted by molar-refractivity contribution is -0.152. The molecule has 1 heterocycles. The predicted molar refractivity (Wildman–Crippen MR) is 121 cm³/mol. The smallest absolute Gasteiger partial charge is 0.308 e. The standard InChI is InChI=1S/C25H24O11/c1-12(26)31-18-9-21(33-14(3)28)19-11-24(35-16(5)30)25(36-22(19)10-18)17-6-7-20(32-13(2)27)23(8-17)34-15(4)29/h6-10,24-25H,11H2,1-5H3/t24-,25+/m1/s1. The fraction of sp³-hybridized carbons (Fsp3) is 0.320. The highest BCUT2D eigenvalue weighted by Crippen LogP contribution is 2.45. The maximum Gasteiger partial charge on any atom is 0.308 e. The van der Waals surface area contributed by atoms with Crippen LogP contribution in [0.5, 0.6) is 28.7 Å². The second-order valence-corrected chi connectivity index (χ2v) is 7.87. The summed E-state index contributed by atoms with van der Waals surface area (Å²) in [6, 6.07) is 7.21. The minimum atomic E-state index is -0.917. The highest BCUT2D eigenvalue weighted by molar-refractivity contribution is 5.74. The van der Waals surface area contributed by atoms with Gasteiger partial charge in [-0.3, -0.25) is 24.0 Å². The molecule has 0 aliphatic carbocycles. The number of carbonyl (C=O) groups is 5. The van der Waals surface area contributed by atoms with E-state index in [0.717, 1.165) is 0 Å². The third-order valence-corrected chi connectivity index (χ3v) is 4.77. The highest BCUT2D eigenvalue weighted by Gasteiger charge is 2.37. The monoisotopic (exact) mass is 500 g/mol. The maximum absolute atomic E-state index is 11.9. The number of ether oxygens (including phenoxy) is 6. The van der Waals surface area contributed by atoms with Gasteiger partial charge in [0.15, 0.2) is 17.6 Å². The Labute approximate surface area is 206 Å². The summed E-state index contributed by atoms with van der Waals surface area (Å²) in [6.45, 7) is 6.04. The van der Waals surface area contributed by atoms with Crippen LogP contribution in [0, 0.1) is 0 Å². The van der Waals surface area contributed by atoms with Crippen molar-refractivity contribution in [3.63, 3.8) is 0 Å². The van der Waals surface area contributed by atoms with Gasteiger partial charge >= 0.3 is 29.8 Å². The molecule has 0 saturated carbocycles. The van der Waals surface area contributed by atoms with Crippen LogP contribution < -0.4 is 23.7 Å². The van der Waals surface area contributed by atoms with Crippen molar-refractivity contribution in [2.24, 2.45) is 0 Å². The van der Waals surface area contributed by atoms with Gasteiger partial charge in [-0.15, -0.1) is 0 Å². The molecule has 0 saturated heterocycles. The Morgan fingerprint density at radius 2 is 1.28 bits per heavy atom. The molecule has 0 bridgehead atoms. The van der Waals surface area contributed by atoms with E-state index in [2.05, 4.69) is 0 Å². The van der Waals surface area contributed by atoms with Crippen LogP contribution in [0.4, 0.5) is 0 Å². The average molecular weight is 500 g/mol. The lowest BCUT2D eigenvalue weighted by Crippen LogP contribution is -2.34. The van der Waals surface area contributed by atoms with Gasteiger partial charge in [0.05, 0.1) is 0 Å². The Kier molecular flexibility index (Phi) is 7.93. The lowest BCUT2D eigenvalue weighted by Gasteiger charge is -2.34. The molecular formula is C25H24O11. The SMILES string of the molecule is CC(=O)Oc1cc(OC(C)=O)c2c(c1)O[C@@H](c1ccc(OC(C)=O)c(OC(C)=O)c1)[C@H](OC(C)=O)C2. The second kappa shape index (κ2) is 10.9. The first-order valence-corrected chi connectivity index (χ1v) is 10.8. The summed E-state index contributed by atoms with van der Waals surface area (Å²) in [5, 5.41) is 0. The average Bonchev–Trinajstić information content (AvgIpc) is 2.73. The molecule has 0 fully saturated rings. The first-order chi connectivity index (χ1) is 16.9. The van der Waals surface area contributed by atoms with Gasteiger partial charge in [-0.25, -0.2) is 0 Å². The van der Waals surface area contributed by atoms with Crippen molar-refractivity contribution in [1.29, 1.82) is 0 Å². The molecule has 2 atom stereocenters. The van der Waals surface area contributed by atoms with Crippen LogP contribution in [0.1, 0.15) is 51.8 Å². The van der Waals surface area contributed by atoms with Gasteiger partial charge in [-0.2, -0.15) is 0 Å². The molecule has 1 aliphatic heterocycles. The van der Waals surface area contributed by atoms with E-state index in [4.69, 9.17) is 28.4 Å². The van der Waals surface area contributed by atoms with E-state index < -0.39 is 42.1 Å². The summed E-state index contributed by atoms with van der Waals surface area (Å²) in [4.78, 5) is 58.1. The van der Waals surface area contributed by atoms with E-state index in [9.17, 15) is 24.0 Å². The maximum atomic E-state index is 11.9. The van der Waals surface area contributed by atoms with Crippen LogP contribution in [0.2, 0.25) is 0 Å². The molecule has 2 aromatic carbocycles. The number of fused-ring (bicyclic) bond motifs is 1. The summed E-state index contributed by atoms with van der Waals surface area (Å²) in [5.41, 5.74) is 0.839. The first-order valence-electron chi connectivity index (χ1n) is 10.8. The third kappa shape index (κ3) is 6.59. The molecule has 0 amide bonds. The van der Waals surface area contributed by atoms with Crippen molar-refractivity contribution in [3.8, 4) is 28.7 Å². The van der Waals surface area contributed by atoms with E-state index in [1.807, 2.05) is 0 Å². The van der Waals surface area contributed by atoms with Crippen LogP contribution >= 0.6 is 0 Å². The van der Waals surface area contributed by atoms with Gasteiger partial charge in [-0.05, 0) is 12.1 Å². The summed E-state index contributed by atoms with van der Waals surface area (Å²) in [5.74, 6) is -2.72. The topological polar surface area (TPSA) is 141 Å². The van der Waals surface area contributed by atoms with Gasteiger partial charge in [-0.1, -0.05) is 6.07 Å². The van der Waals surface area contributed by atoms with Crippen molar-refractivity contribution < 1.29 is 52.4 Å². The van der Waals surface area contributed by atoms with Crippen LogP contribution in [0.15, 0.2) is 30.3 Å². The fourth-order valence-electron chi connectivity index (χ4n) is 3.67. The van der Waals surface area contributed by atoms with Gasteiger partial charge in [0.2, 0.25) is 0 Å². The molecule has 11 nitrogen and oxygen atoms in total. The third-order valence-electron chi connectivity index (χ3n) is 4.77. The Balaban J connectivity index is 2.11. The van der Waals surface area contributed by atoms with E-state index in [1.165, 1.54) is 58.9 Å². The minimum Gasteiger partial charge on any atom is -0.481 e. The van der Waals surface area contributed by atoms with Crippen LogP contribution in [-0.4, -0.2) is 36.0 Å². The molecule has 0 radical (unpaired) electrons. The molecule has 36 heavy (non-hydrogen) atoms. The second-order valence-electron chi connectivity index (χ2n) is 7.87. The van der Waals surface area contributed by atoms with E-state index in [1.54, 1.807) is 6.07 Å². The van der Waals surface area contributed by atoms with Crippen molar-refractivity contribution in [1.82, 2.24) is 0 Å². The van der Waals surface area contributed by atoms with E-state index in [0.29, 0.717) is 11.1 Å². The normalized spacial score (nSPS) is 16.0. The number of hydrogen-bond acceptors (Lipinski definition) is 11. The number of rotatable bonds is 6. The molecule has 0 N–H and O–H groups in total. The molecule has 0 unspecified atom stereocenters. The predicted octanol–water partition coefficient (Wildman–Crippen LogP) is 3.00. The Morgan fingerprint density at radius 3 is 1.86 bits per heavy atom. The minimum absolute atomic E-state index is 0.0102. The molecule has 0 spiro atoms. The molecule has 2 aromatic rings. The Morgan fingerprint density at radius 1 is 0.694 bits per heavy atom. The van der Waals surface area contributed by atoms with Gasteiger partial charge in [0.25, 0.3) is 0 Å². The summed E-state index contributed by atoms with van der Waals surface area (Å²) < 4.78 is 32.4. The Bertz CT molecular complexity index is 1230. The zero-order chi connectivity index (χ0) is 26.6. The van der Waals surface area contributed by atoms with Gasteiger partial charge < -0.3 is 28.4 Å². The van der Waals surface area contributed by atoms with E-state index >= 15 is 0 Å². The van der Waals surface area contributed by atoms with Crippen molar-refractivity contribution in [2.45, 2.75) is 53.2 Å². The van der Waals surface area contributed by atoms with Crippen LogP contribution in [0.25, 0.3) is 0 Å². The van der Waals surface area contributed by atoms with Crippen molar-refractivity contribution in [2.75, 3.05) is 0 Å². The van der Waals surface area contributed by atoms with Gasteiger partial charge in [0, 0.05) is 64.3 Å². The summed E-state index contributed by atoms with van der Waals surface area (Å²) >= 11 is 0. The molecule has 0 aromatic heterocycles. The van der Waals surface area contributed by atoms with E-state index in [-0.39, 0.29) is 35.2 Å². The molecular weight excluding hydrogens is 476 g/mol. The molecule has 1 aliphatic rings. The fourth-order valence-corrected chi connectivity index (χ4v) is 3.67. The number of esters is 5. The highest BCUT2D eigenvalue weighted by atomic mass is 16.6. The number of hydrogen-bond donors (Lipinski definition) is 0. The first kappa shape index (κ1) is 26.2. The summed E-state index contributed by atoms with van der Waals surface area (Å²) in [7, 11) is 0. The largest absolute Gasteiger partial charge is 0.481 e. The quantitative estimate of drug-likeness (QED) is 0.427. The zero-order valence-corrected chi connectivity index (χ0v) is 20.2. The number of carbonyl (C=O) groups excluding carboxylic acids is 5. The Hall–Kier alpha value is -4.41. The van der Waals surface area contributed by atoms with Crippen molar-refractivity contribution in [3.05, 3.63) is 41.5 Å². The van der Waals surface area contributed by atoms with Crippen LogP contribution in [-0.2, 0) is 35.1 Å². The lowest BCUT2D eigenvalue weighted by atomic mass is 9.93. The van der Waals surface area contributed by atoms with Crippen LogP contribution in [0.3, 0.4) is 0 Å². The zero-order valence-electron chi connectivity index (χ0n) is 20.2. The summed E-state index contributed by atoms with van der Waals surface area (Å²) in [6.07, 6.45) is -1.72. The van der Waals surface area contributed by atoms with Crippen molar-refractivity contribution >= 4 is 29.8 Å². The molecule has 190 valence electrons. The molecule has 3 rings (SSSR count).